The number of hydrogen-bond acceptors (Lipinski definition) is 5. The van der Waals surface area contributed by atoms with Crippen LogP contribution < -0.4 is 9.80 Å². The lowest BCUT2D eigenvalue weighted by molar-refractivity contribution is 0.595. The molecule has 0 amide bonds. The lowest BCUT2D eigenvalue weighted by Gasteiger charge is -2.36. The zero-order chi connectivity index (χ0) is 16.4. The van der Waals surface area contributed by atoms with Crippen molar-refractivity contribution in [2.45, 2.75) is 0 Å². The Kier molecular flexibility index (Phi) is 3.82. The van der Waals surface area contributed by atoms with Crippen molar-refractivity contribution >= 4 is 11.5 Å². The summed E-state index contributed by atoms with van der Waals surface area (Å²) >= 11 is 0. The maximum Gasteiger partial charge on any atom is 0.173 e. The first-order valence-corrected chi connectivity index (χ1v) is 7.88. The molecule has 1 aliphatic heterocycles. The summed E-state index contributed by atoms with van der Waals surface area (Å²) < 4.78 is 15.6. The van der Waals surface area contributed by atoms with Crippen LogP contribution in [-0.4, -0.2) is 45.9 Å². The highest BCUT2D eigenvalue weighted by molar-refractivity contribution is 5.50. The predicted molar refractivity (Wildman–Crippen MR) is 90.0 cm³/mol. The van der Waals surface area contributed by atoms with Crippen molar-refractivity contribution in [2.24, 2.45) is 0 Å². The Morgan fingerprint density at radius 3 is 2.38 bits per heavy atom. The molecular weight excluding hydrogens is 307 g/mol. The Labute approximate surface area is 139 Å². The van der Waals surface area contributed by atoms with Gasteiger partial charge in [0.15, 0.2) is 5.82 Å². The van der Waals surface area contributed by atoms with E-state index in [-0.39, 0.29) is 5.82 Å². The summed E-state index contributed by atoms with van der Waals surface area (Å²) in [6.07, 6.45) is 6.99. The summed E-state index contributed by atoms with van der Waals surface area (Å²) in [7, 11) is 0. The smallest absolute Gasteiger partial charge is 0.173 e. The van der Waals surface area contributed by atoms with Crippen molar-refractivity contribution < 1.29 is 4.39 Å². The van der Waals surface area contributed by atoms with Gasteiger partial charge in [-0.05, 0) is 18.2 Å². The number of piperazine rings is 1. The fourth-order valence-corrected chi connectivity index (χ4v) is 2.90. The molecule has 0 aliphatic carbocycles. The van der Waals surface area contributed by atoms with E-state index in [0.717, 1.165) is 32.0 Å². The number of benzene rings is 1. The fourth-order valence-electron chi connectivity index (χ4n) is 2.90. The fraction of sp³-hybridized carbons (Fsp3) is 0.235. The molecule has 0 unspecified atom stereocenters. The van der Waals surface area contributed by atoms with Crippen LogP contribution >= 0.6 is 0 Å². The molecule has 6 nitrogen and oxygen atoms in total. The maximum absolute atomic E-state index is 13.9. The minimum Gasteiger partial charge on any atom is -0.366 e. The second kappa shape index (κ2) is 6.27. The van der Waals surface area contributed by atoms with E-state index in [4.69, 9.17) is 0 Å². The van der Waals surface area contributed by atoms with E-state index >= 15 is 0 Å². The Balaban J connectivity index is 1.48. The van der Waals surface area contributed by atoms with Crippen LogP contribution in [0.25, 0.3) is 5.82 Å². The van der Waals surface area contributed by atoms with Crippen LogP contribution in [0.3, 0.4) is 0 Å². The molecule has 3 aromatic rings. The van der Waals surface area contributed by atoms with Gasteiger partial charge in [-0.25, -0.2) is 14.1 Å². The van der Waals surface area contributed by atoms with E-state index in [2.05, 4.69) is 24.9 Å². The van der Waals surface area contributed by atoms with Crippen molar-refractivity contribution in [1.82, 2.24) is 19.7 Å². The highest BCUT2D eigenvalue weighted by atomic mass is 19.1. The summed E-state index contributed by atoms with van der Waals surface area (Å²) in [5, 5.41) is 4.18. The molecule has 0 atom stereocenters. The van der Waals surface area contributed by atoms with Crippen LogP contribution in [0.2, 0.25) is 0 Å². The van der Waals surface area contributed by atoms with Gasteiger partial charge < -0.3 is 9.80 Å². The molecule has 1 aromatic carbocycles. The maximum atomic E-state index is 13.9. The van der Waals surface area contributed by atoms with Crippen LogP contribution in [0.5, 0.6) is 0 Å². The van der Waals surface area contributed by atoms with Crippen molar-refractivity contribution in [3.8, 4) is 5.82 Å². The van der Waals surface area contributed by atoms with Crippen molar-refractivity contribution in [3.63, 3.8) is 0 Å². The monoisotopic (exact) mass is 324 g/mol. The Morgan fingerprint density at radius 1 is 0.875 bits per heavy atom. The quantitative estimate of drug-likeness (QED) is 0.739. The summed E-state index contributed by atoms with van der Waals surface area (Å²) in [6.45, 7) is 3.03. The number of halogens is 1. The summed E-state index contributed by atoms with van der Waals surface area (Å²) in [5.74, 6) is 1.33. The van der Waals surface area contributed by atoms with E-state index < -0.39 is 0 Å². The number of aromatic nitrogens is 4. The minimum atomic E-state index is -0.175. The van der Waals surface area contributed by atoms with Gasteiger partial charge in [-0.2, -0.15) is 5.10 Å². The first kappa shape index (κ1) is 14.6. The van der Waals surface area contributed by atoms with Gasteiger partial charge in [0.1, 0.15) is 11.6 Å². The van der Waals surface area contributed by atoms with Gasteiger partial charge in [-0.1, -0.05) is 12.1 Å². The van der Waals surface area contributed by atoms with Crippen LogP contribution in [0.1, 0.15) is 0 Å². The summed E-state index contributed by atoms with van der Waals surface area (Å²) in [6, 6.07) is 8.75. The number of para-hydroxylation sites is 1. The zero-order valence-corrected chi connectivity index (χ0v) is 13.1. The number of anilines is 2. The van der Waals surface area contributed by atoms with Crippen molar-refractivity contribution in [1.29, 1.82) is 0 Å². The molecule has 122 valence electrons. The average molecular weight is 324 g/mol. The second-order valence-corrected chi connectivity index (χ2v) is 5.61. The lowest BCUT2D eigenvalue weighted by atomic mass is 10.2. The highest BCUT2D eigenvalue weighted by Gasteiger charge is 2.20. The molecule has 1 fully saturated rings. The third-order valence-electron chi connectivity index (χ3n) is 4.15. The number of nitrogens with zero attached hydrogens (tertiary/aromatic N) is 6. The topological polar surface area (TPSA) is 50.1 Å². The lowest BCUT2D eigenvalue weighted by Crippen LogP contribution is -2.47. The Morgan fingerprint density at radius 2 is 1.62 bits per heavy atom. The van der Waals surface area contributed by atoms with Gasteiger partial charge in [-0.15, -0.1) is 0 Å². The van der Waals surface area contributed by atoms with Gasteiger partial charge >= 0.3 is 0 Å². The largest absolute Gasteiger partial charge is 0.366 e. The third-order valence-corrected chi connectivity index (χ3v) is 4.15. The molecule has 0 spiro atoms. The minimum absolute atomic E-state index is 0.175. The van der Waals surface area contributed by atoms with E-state index in [1.54, 1.807) is 29.3 Å². The van der Waals surface area contributed by atoms with Crippen molar-refractivity contribution in [3.05, 3.63) is 60.9 Å². The van der Waals surface area contributed by atoms with Gasteiger partial charge in [0, 0.05) is 38.6 Å². The molecule has 0 saturated carbocycles. The second-order valence-electron chi connectivity index (χ2n) is 5.61. The van der Waals surface area contributed by atoms with E-state index in [1.165, 1.54) is 6.07 Å². The molecular formula is C17H17FN6. The standard InChI is InChI=1S/C17H17FN6/c18-14-4-1-2-5-15(14)22-8-10-23(11-9-22)16-12-19-13-17(21-16)24-7-3-6-20-24/h1-7,12-13H,8-11H2. The zero-order valence-electron chi connectivity index (χ0n) is 13.1. The number of rotatable bonds is 3. The first-order valence-electron chi connectivity index (χ1n) is 7.88. The highest BCUT2D eigenvalue weighted by Crippen LogP contribution is 2.22. The SMILES string of the molecule is Fc1ccccc1N1CCN(c2cncc(-n3cccn3)n2)CC1. The predicted octanol–water partition coefficient (Wildman–Crippen LogP) is 2.13. The molecule has 2 aromatic heterocycles. The molecule has 24 heavy (non-hydrogen) atoms. The van der Waals surface area contributed by atoms with Gasteiger partial charge in [-0.3, -0.25) is 4.98 Å². The van der Waals surface area contributed by atoms with Gasteiger partial charge in [0.2, 0.25) is 0 Å². The first-order chi connectivity index (χ1) is 11.8. The van der Waals surface area contributed by atoms with Gasteiger partial charge in [0.25, 0.3) is 0 Å². The molecule has 1 saturated heterocycles. The Bertz CT molecular complexity index is 811. The Hall–Kier alpha value is -2.96. The molecule has 0 bridgehead atoms. The molecule has 0 N–H and O–H groups in total. The van der Waals surface area contributed by atoms with Crippen molar-refractivity contribution in [2.75, 3.05) is 36.0 Å². The summed E-state index contributed by atoms with van der Waals surface area (Å²) in [5.41, 5.74) is 0.661. The van der Waals surface area contributed by atoms with E-state index in [9.17, 15) is 4.39 Å². The summed E-state index contributed by atoms with van der Waals surface area (Å²) in [4.78, 5) is 13.1. The average Bonchev–Trinajstić information content (AvgIpc) is 3.17. The normalized spacial score (nSPS) is 14.9. The molecule has 1 aliphatic rings. The molecule has 0 radical (unpaired) electrons. The molecule has 4 rings (SSSR count). The van der Waals surface area contributed by atoms with Crippen LogP contribution in [0.15, 0.2) is 55.1 Å². The van der Waals surface area contributed by atoms with Gasteiger partial charge in [0.05, 0.1) is 18.1 Å². The van der Waals surface area contributed by atoms with Crippen LogP contribution in [0.4, 0.5) is 15.9 Å². The molecule has 3 heterocycles. The van der Waals surface area contributed by atoms with E-state index in [1.807, 2.05) is 24.4 Å². The van der Waals surface area contributed by atoms with Crippen LogP contribution in [0, 0.1) is 5.82 Å². The van der Waals surface area contributed by atoms with Crippen LogP contribution in [-0.2, 0) is 0 Å². The molecule has 7 heteroatoms. The van der Waals surface area contributed by atoms with E-state index in [0.29, 0.717) is 11.5 Å². The third kappa shape index (κ3) is 2.80. The number of hydrogen-bond donors (Lipinski definition) is 0.